The molecule has 0 heterocycles. The Morgan fingerprint density at radius 1 is 0.864 bits per heavy atom. The molecule has 0 aliphatic rings. The molecule has 2 aromatic carbocycles. The maximum absolute atomic E-state index is 12.4. The number of carbonyl (C=O) groups excluding carboxylic acids is 1. The van der Waals surface area contributed by atoms with Crippen LogP contribution in [-0.4, -0.2) is 35.0 Å². The molecule has 0 bridgehead atoms. The van der Waals surface area contributed by atoms with Crippen molar-refractivity contribution in [2.24, 2.45) is 0 Å². The van der Waals surface area contributed by atoms with Crippen molar-refractivity contribution in [3.63, 3.8) is 0 Å². The van der Waals surface area contributed by atoms with Crippen molar-refractivity contribution < 1.29 is 29.3 Å². The molecule has 0 aromatic heterocycles. The zero-order chi connectivity index (χ0) is 16.3. The summed E-state index contributed by atoms with van der Waals surface area (Å²) in [5, 5.41) is 18.1. The first-order valence-corrected chi connectivity index (χ1v) is 6.23. The molecule has 6 heteroatoms. The zero-order valence-electron chi connectivity index (χ0n) is 11.6. The van der Waals surface area contributed by atoms with Gasteiger partial charge in [0.05, 0.1) is 12.7 Å². The first-order chi connectivity index (χ1) is 10.4. The molecule has 0 fully saturated rings. The molecule has 0 aliphatic carbocycles. The van der Waals surface area contributed by atoms with Crippen LogP contribution < -0.4 is 4.74 Å². The second-order valence-electron chi connectivity index (χ2n) is 4.44. The smallest absolute Gasteiger partial charge is 0.339 e. The monoisotopic (exact) mass is 300 g/mol. The van der Waals surface area contributed by atoms with E-state index in [1.165, 1.54) is 49.6 Å². The lowest BCUT2D eigenvalue weighted by Gasteiger charge is -2.07. The predicted molar refractivity (Wildman–Crippen MR) is 76.8 cm³/mol. The zero-order valence-corrected chi connectivity index (χ0v) is 11.6. The number of ether oxygens (including phenoxy) is 1. The lowest BCUT2D eigenvalue weighted by molar-refractivity contribution is 0.0684. The molecule has 112 valence electrons. The van der Waals surface area contributed by atoms with E-state index in [0.29, 0.717) is 0 Å². The molecule has 22 heavy (non-hydrogen) atoms. The number of hydrogen-bond donors (Lipinski definition) is 2. The minimum Gasteiger partial charge on any atom is -0.496 e. The van der Waals surface area contributed by atoms with Crippen molar-refractivity contribution in [3.05, 3.63) is 64.7 Å². The van der Waals surface area contributed by atoms with E-state index in [-0.39, 0.29) is 28.0 Å². The van der Waals surface area contributed by atoms with Gasteiger partial charge < -0.3 is 14.9 Å². The Labute approximate surface area is 125 Å². The van der Waals surface area contributed by atoms with Crippen molar-refractivity contribution in [1.82, 2.24) is 0 Å². The van der Waals surface area contributed by atoms with Crippen LogP contribution >= 0.6 is 0 Å². The average Bonchev–Trinajstić information content (AvgIpc) is 2.53. The van der Waals surface area contributed by atoms with E-state index in [1.807, 2.05) is 0 Å². The third kappa shape index (κ3) is 2.95. The first kappa shape index (κ1) is 15.2. The summed E-state index contributed by atoms with van der Waals surface area (Å²) >= 11 is 0. The number of carboxylic acids is 2. The Morgan fingerprint density at radius 2 is 1.50 bits per heavy atom. The highest BCUT2D eigenvalue weighted by molar-refractivity contribution is 6.11. The second-order valence-corrected chi connectivity index (χ2v) is 4.44. The summed E-state index contributed by atoms with van der Waals surface area (Å²) in [6.07, 6.45) is 0. The molecule has 2 rings (SSSR count). The van der Waals surface area contributed by atoms with Crippen LogP contribution in [0, 0.1) is 0 Å². The van der Waals surface area contributed by atoms with Gasteiger partial charge in [-0.3, -0.25) is 4.79 Å². The van der Waals surface area contributed by atoms with E-state index in [9.17, 15) is 14.4 Å². The van der Waals surface area contributed by atoms with Crippen LogP contribution in [0.3, 0.4) is 0 Å². The van der Waals surface area contributed by atoms with E-state index in [4.69, 9.17) is 14.9 Å². The van der Waals surface area contributed by atoms with Crippen molar-refractivity contribution in [3.8, 4) is 5.75 Å². The molecule has 2 N–H and O–H groups in total. The van der Waals surface area contributed by atoms with Gasteiger partial charge in [0, 0.05) is 11.1 Å². The minimum absolute atomic E-state index is 0.0159. The Morgan fingerprint density at radius 3 is 2.09 bits per heavy atom. The third-order valence-corrected chi connectivity index (χ3v) is 3.06. The van der Waals surface area contributed by atoms with Gasteiger partial charge in [-0.15, -0.1) is 0 Å². The van der Waals surface area contributed by atoms with Crippen LogP contribution in [0.15, 0.2) is 42.5 Å². The lowest BCUT2D eigenvalue weighted by atomic mass is 9.99. The molecule has 0 atom stereocenters. The maximum Gasteiger partial charge on any atom is 0.339 e. The molecule has 0 saturated heterocycles. The van der Waals surface area contributed by atoms with Gasteiger partial charge in [0.25, 0.3) is 0 Å². The molecule has 6 nitrogen and oxygen atoms in total. The van der Waals surface area contributed by atoms with Gasteiger partial charge in [-0.25, -0.2) is 9.59 Å². The summed E-state index contributed by atoms with van der Waals surface area (Å²) in [5.74, 6) is -2.68. The van der Waals surface area contributed by atoms with Gasteiger partial charge in [-0.2, -0.15) is 0 Å². The second kappa shape index (κ2) is 6.09. The van der Waals surface area contributed by atoms with Crippen molar-refractivity contribution >= 4 is 17.7 Å². The summed E-state index contributed by atoms with van der Waals surface area (Å²) in [7, 11) is 1.33. The highest BCUT2D eigenvalue weighted by Gasteiger charge is 2.17. The van der Waals surface area contributed by atoms with E-state index in [0.717, 1.165) is 0 Å². The highest BCUT2D eigenvalue weighted by atomic mass is 16.5. The molecule has 0 unspecified atom stereocenters. The largest absolute Gasteiger partial charge is 0.496 e. The molecular weight excluding hydrogens is 288 g/mol. The van der Waals surface area contributed by atoms with E-state index in [1.54, 1.807) is 0 Å². The Kier molecular flexibility index (Phi) is 4.22. The summed E-state index contributed by atoms with van der Waals surface area (Å²) in [5.41, 5.74) is 0.155. The normalized spacial score (nSPS) is 10.0. The molecule has 0 amide bonds. The van der Waals surface area contributed by atoms with Crippen LogP contribution in [0.25, 0.3) is 0 Å². The minimum atomic E-state index is -1.22. The number of ketones is 1. The SMILES string of the molecule is COc1ccc(C(=O)c2cccc(C(=O)O)c2)cc1C(=O)O. The lowest BCUT2D eigenvalue weighted by Crippen LogP contribution is -2.07. The summed E-state index contributed by atoms with van der Waals surface area (Å²) < 4.78 is 4.93. The number of carboxylic acid groups (broad SMARTS) is 2. The van der Waals surface area contributed by atoms with E-state index in [2.05, 4.69) is 0 Å². The fraction of sp³-hybridized carbons (Fsp3) is 0.0625. The Hall–Kier alpha value is -3.15. The number of rotatable bonds is 5. The van der Waals surface area contributed by atoms with Crippen LogP contribution in [0.1, 0.15) is 36.6 Å². The topological polar surface area (TPSA) is 101 Å². The standard InChI is InChI=1S/C16H12O6/c1-22-13-6-5-10(8-12(13)16(20)21)14(17)9-3-2-4-11(7-9)15(18)19/h2-8H,1H3,(H,18,19)(H,20,21). The average molecular weight is 300 g/mol. The molecule has 2 aromatic rings. The number of hydrogen-bond acceptors (Lipinski definition) is 4. The van der Waals surface area contributed by atoms with Gasteiger partial charge >= 0.3 is 11.9 Å². The van der Waals surface area contributed by atoms with Gasteiger partial charge in [-0.05, 0) is 30.3 Å². The van der Waals surface area contributed by atoms with Crippen LogP contribution in [0.2, 0.25) is 0 Å². The molecule has 0 aliphatic heterocycles. The Balaban J connectivity index is 2.45. The van der Waals surface area contributed by atoms with E-state index < -0.39 is 17.7 Å². The molecule has 0 radical (unpaired) electrons. The molecular formula is C16H12O6. The highest BCUT2D eigenvalue weighted by Crippen LogP contribution is 2.22. The van der Waals surface area contributed by atoms with Gasteiger partial charge in [0.15, 0.2) is 5.78 Å². The predicted octanol–water partition coefficient (Wildman–Crippen LogP) is 2.32. The summed E-state index contributed by atoms with van der Waals surface area (Å²) in [6.45, 7) is 0. The van der Waals surface area contributed by atoms with Gasteiger partial charge in [0.2, 0.25) is 0 Å². The number of methoxy groups -OCH3 is 1. The number of benzene rings is 2. The van der Waals surface area contributed by atoms with Crippen molar-refractivity contribution in [1.29, 1.82) is 0 Å². The van der Waals surface area contributed by atoms with Gasteiger partial charge in [-0.1, -0.05) is 12.1 Å². The van der Waals surface area contributed by atoms with Crippen LogP contribution in [0.5, 0.6) is 5.75 Å². The fourth-order valence-electron chi connectivity index (χ4n) is 1.98. The van der Waals surface area contributed by atoms with Crippen molar-refractivity contribution in [2.45, 2.75) is 0 Å². The summed E-state index contributed by atoms with van der Waals surface area (Å²) in [6, 6.07) is 9.57. The first-order valence-electron chi connectivity index (χ1n) is 6.23. The molecule has 0 saturated carbocycles. The number of aromatic carboxylic acids is 2. The molecule has 0 spiro atoms. The quantitative estimate of drug-likeness (QED) is 0.822. The van der Waals surface area contributed by atoms with Crippen LogP contribution in [0.4, 0.5) is 0 Å². The summed E-state index contributed by atoms with van der Waals surface area (Å²) in [4.78, 5) is 34.5. The Bertz CT molecular complexity index is 763. The number of carbonyl (C=O) groups is 3. The fourth-order valence-corrected chi connectivity index (χ4v) is 1.98. The van der Waals surface area contributed by atoms with Crippen LogP contribution in [-0.2, 0) is 0 Å². The van der Waals surface area contributed by atoms with Crippen molar-refractivity contribution in [2.75, 3.05) is 7.11 Å². The third-order valence-electron chi connectivity index (χ3n) is 3.06. The van der Waals surface area contributed by atoms with Gasteiger partial charge in [0.1, 0.15) is 11.3 Å². The van der Waals surface area contributed by atoms with E-state index >= 15 is 0 Å². The maximum atomic E-state index is 12.4.